The highest BCUT2D eigenvalue weighted by molar-refractivity contribution is 6.30. The third kappa shape index (κ3) is 3.49. The van der Waals surface area contributed by atoms with Crippen molar-refractivity contribution < 1.29 is 4.74 Å². The Hall–Kier alpha value is -1.52. The summed E-state index contributed by atoms with van der Waals surface area (Å²) in [5.74, 6) is 1.76. The number of ether oxygens (including phenoxy) is 1. The largest absolute Gasteiger partial charge is 0.485 e. The molecule has 1 aromatic carbocycles. The molecule has 0 saturated heterocycles. The highest BCUT2D eigenvalue weighted by Crippen LogP contribution is 2.23. The van der Waals surface area contributed by atoms with Gasteiger partial charge in [0.2, 0.25) is 0 Å². The summed E-state index contributed by atoms with van der Waals surface area (Å²) in [5.41, 5.74) is 1.05. The van der Waals surface area contributed by atoms with Crippen LogP contribution >= 0.6 is 11.6 Å². The molecule has 0 bridgehead atoms. The Bertz CT molecular complexity index is 539. The molecule has 2 rings (SSSR count). The van der Waals surface area contributed by atoms with E-state index < -0.39 is 0 Å². The lowest BCUT2D eigenvalue weighted by atomic mass is 10.2. The summed E-state index contributed by atoms with van der Waals surface area (Å²) in [4.78, 5) is 4.29. The van der Waals surface area contributed by atoms with Crippen LogP contribution in [0.4, 0.5) is 0 Å². The Morgan fingerprint density at radius 2 is 2.26 bits per heavy atom. The van der Waals surface area contributed by atoms with Crippen molar-refractivity contribution in [3.63, 3.8) is 0 Å². The van der Waals surface area contributed by atoms with Crippen LogP contribution in [0.15, 0.2) is 30.6 Å². The van der Waals surface area contributed by atoms with Gasteiger partial charge >= 0.3 is 0 Å². The van der Waals surface area contributed by atoms with Crippen molar-refractivity contribution in [1.29, 1.82) is 0 Å². The van der Waals surface area contributed by atoms with Gasteiger partial charge in [-0.1, -0.05) is 11.6 Å². The fourth-order valence-corrected chi connectivity index (χ4v) is 2.12. The van der Waals surface area contributed by atoms with E-state index in [0.717, 1.165) is 30.2 Å². The summed E-state index contributed by atoms with van der Waals surface area (Å²) in [6.07, 6.45) is 3.74. The molecule has 0 radical (unpaired) electrons. The van der Waals surface area contributed by atoms with Crippen molar-refractivity contribution in [3.05, 3.63) is 47.0 Å². The molecule has 0 spiro atoms. The monoisotopic (exact) mass is 279 g/mol. The predicted octanol–water partition coefficient (Wildman–Crippen LogP) is 2.85. The van der Waals surface area contributed by atoms with E-state index in [1.54, 1.807) is 6.20 Å². The van der Waals surface area contributed by atoms with Crippen LogP contribution in [0.1, 0.15) is 18.3 Å². The number of nitrogens with one attached hydrogen (secondary N) is 1. The third-order valence-electron chi connectivity index (χ3n) is 2.89. The first-order valence-electron chi connectivity index (χ1n) is 6.30. The SMILES string of the molecule is CCn1ccnc1COc1ccc(Cl)cc1CNC. The molecule has 102 valence electrons. The van der Waals surface area contributed by atoms with Gasteiger partial charge in [0, 0.05) is 36.1 Å². The van der Waals surface area contributed by atoms with E-state index in [4.69, 9.17) is 16.3 Å². The van der Waals surface area contributed by atoms with Crippen molar-refractivity contribution >= 4 is 11.6 Å². The average Bonchev–Trinajstić information content (AvgIpc) is 2.85. The van der Waals surface area contributed by atoms with Crippen LogP contribution in [-0.4, -0.2) is 16.6 Å². The Morgan fingerprint density at radius 3 is 3.00 bits per heavy atom. The van der Waals surface area contributed by atoms with E-state index in [0.29, 0.717) is 11.6 Å². The molecule has 0 atom stereocenters. The van der Waals surface area contributed by atoms with Crippen LogP contribution in [0.2, 0.25) is 5.02 Å². The van der Waals surface area contributed by atoms with E-state index >= 15 is 0 Å². The van der Waals surface area contributed by atoms with Gasteiger partial charge in [0.25, 0.3) is 0 Å². The first-order chi connectivity index (χ1) is 9.24. The third-order valence-corrected chi connectivity index (χ3v) is 3.12. The number of imidazole rings is 1. The van der Waals surface area contributed by atoms with Gasteiger partial charge in [-0.15, -0.1) is 0 Å². The van der Waals surface area contributed by atoms with Gasteiger partial charge < -0.3 is 14.6 Å². The molecular weight excluding hydrogens is 262 g/mol. The molecule has 0 fully saturated rings. The summed E-state index contributed by atoms with van der Waals surface area (Å²) in [7, 11) is 1.90. The zero-order chi connectivity index (χ0) is 13.7. The first-order valence-corrected chi connectivity index (χ1v) is 6.68. The number of nitrogens with zero attached hydrogens (tertiary/aromatic N) is 2. The first kappa shape index (κ1) is 13.9. The minimum atomic E-state index is 0.458. The molecule has 1 aromatic heterocycles. The van der Waals surface area contributed by atoms with Crippen LogP contribution in [0.25, 0.3) is 0 Å². The summed E-state index contributed by atoms with van der Waals surface area (Å²) in [6, 6.07) is 5.65. The van der Waals surface area contributed by atoms with E-state index in [2.05, 4.69) is 21.8 Å². The Balaban J connectivity index is 2.10. The van der Waals surface area contributed by atoms with Crippen LogP contribution in [-0.2, 0) is 19.7 Å². The zero-order valence-electron chi connectivity index (χ0n) is 11.2. The highest BCUT2D eigenvalue weighted by Gasteiger charge is 2.07. The Morgan fingerprint density at radius 1 is 1.42 bits per heavy atom. The molecule has 0 aliphatic rings. The number of hydrogen-bond donors (Lipinski definition) is 1. The quantitative estimate of drug-likeness (QED) is 0.884. The fourth-order valence-electron chi connectivity index (χ4n) is 1.93. The lowest BCUT2D eigenvalue weighted by Gasteiger charge is -2.12. The van der Waals surface area contributed by atoms with E-state index in [-0.39, 0.29) is 0 Å². The number of hydrogen-bond acceptors (Lipinski definition) is 3. The van der Waals surface area contributed by atoms with Gasteiger partial charge in [-0.25, -0.2) is 4.98 Å². The Kier molecular flexibility index (Phi) is 4.82. The van der Waals surface area contributed by atoms with Crippen LogP contribution in [0.3, 0.4) is 0 Å². The normalized spacial score (nSPS) is 10.7. The van der Waals surface area contributed by atoms with Gasteiger partial charge in [-0.05, 0) is 32.2 Å². The number of aromatic nitrogens is 2. The predicted molar refractivity (Wildman–Crippen MR) is 76.4 cm³/mol. The molecular formula is C14H18ClN3O. The van der Waals surface area contributed by atoms with Gasteiger partial charge in [0.05, 0.1) is 0 Å². The topological polar surface area (TPSA) is 39.1 Å². The second kappa shape index (κ2) is 6.59. The van der Waals surface area contributed by atoms with Crippen molar-refractivity contribution in [2.45, 2.75) is 26.6 Å². The summed E-state index contributed by atoms with van der Waals surface area (Å²) in [6.45, 7) is 4.15. The summed E-state index contributed by atoms with van der Waals surface area (Å²) in [5, 5.41) is 3.82. The smallest absolute Gasteiger partial charge is 0.146 e. The van der Waals surface area contributed by atoms with Crippen molar-refractivity contribution in [2.75, 3.05) is 7.05 Å². The van der Waals surface area contributed by atoms with Crippen LogP contribution in [0.5, 0.6) is 5.75 Å². The molecule has 0 saturated carbocycles. The van der Waals surface area contributed by atoms with E-state index in [1.165, 1.54) is 0 Å². The van der Waals surface area contributed by atoms with E-state index in [1.807, 2.05) is 31.4 Å². The van der Waals surface area contributed by atoms with Gasteiger partial charge in [-0.2, -0.15) is 0 Å². The molecule has 2 aromatic rings. The maximum absolute atomic E-state index is 6.00. The molecule has 1 N–H and O–H groups in total. The molecule has 0 aliphatic carbocycles. The molecule has 0 aliphatic heterocycles. The van der Waals surface area contributed by atoms with Crippen molar-refractivity contribution in [1.82, 2.24) is 14.9 Å². The number of halogens is 1. The summed E-state index contributed by atoms with van der Waals surface area (Å²) >= 11 is 6.00. The molecule has 5 heteroatoms. The maximum atomic E-state index is 6.00. The zero-order valence-corrected chi connectivity index (χ0v) is 11.9. The highest BCUT2D eigenvalue weighted by atomic mass is 35.5. The summed E-state index contributed by atoms with van der Waals surface area (Å²) < 4.78 is 7.91. The minimum Gasteiger partial charge on any atom is -0.485 e. The molecule has 0 unspecified atom stereocenters. The Labute approximate surface area is 118 Å². The number of aryl methyl sites for hydroxylation is 1. The minimum absolute atomic E-state index is 0.458. The second-order valence-electron chi connectivity index (χ2n) is 4.20. The molecule has 19 heavy (non-hydrogen) atoms. The van der Waals surface area contributed by atoms with Crippen molar-refractivity contribution in [3.8, 4) is 5.75 Å². The van der Waals surface area contributed by atoms with Gasteiger partial charge in [0.1, 0.15) is 18.2 Å². The number of benzene rings is 1. The maximum Gasteiger partial charge on any atom is 0.146 e. The molecule has 0 amide bonds. The van der Waals surface area contributed by atoms with Crippen molar-refractivity contribution in [2.24, 2.45) is 0 Å². The average molecular weight is 280 g/mol. The molecule has 1 heterocycles. The van der Waals surface area contributed by atoms with Gasteiger partial charge in [-0.3, -0.25) is 0 Å². The lowest BCUT2D eigenvalue weighted by molar-refractivity contribution is 0.286. The van der Waals surface area contributed by atoms with Gasteiger partial charge in [0.15, 0.2) is 0 Å². The van der Waals surface area contributed by atoms with Crippen LogP contribution < -0.4 is 10.1 Å². The fraction of sp³-hybridized carbons (Fsp3) is 0.357. The van der Waals surface area contributed by atoms with Crippen LogP contribution in [0, 0.1) is 0 Å². The molecule has 4 nitrogen and oxygen atoms in total. The second-order valence-corrected chi connectivity index (χ2v) is 4.64. The standard InChI is InChI=1S/C14H18ClN3O/c1-3-18-7-6-17-14(18)10-19-13-5-4-12(15)8-11(13)9-16-2/h4-8,16H,3,9-10H2,1-2H3. The number of rotatable bonds is 6. The van der Waals surface area contributed by atoms with E-state index in [9.17, 15) is 0 Å². The lowest BCUT2D eigenvalue weighted by Crippen LogP contribution is -2.09.